The monoisotopic (exact) mass is 494 g/mol. The predicted octanol–water partition coefficient (Wildman–Crippen LogP) is 2.43. The highest BCUT2D eigenvalue weighted by molar-refractivity contribution is 6.31. The predicted molar refractivity (Wildman–Crippen MR) is 131 cm³/mol. The standard InChI is InChI=1S/C25H23ClN4O5/c26-20-9-3-1-6-17(20)14-27-22(31)11-12-29-24(33)19-8-2-4-10-21(19)30(25(29)34)16-23(32)28-15-18-7-5-13-35-18/h1-10,13H,11-12,14-16H2,(H,27,31)(H,28,32). The average molecular weight is 495 g/mol. The minimum absolute atomic E-state index is 0.0946. The smallest absolute Gasteiger partial charge is 0.331 e. The third-order valence-electron chi connectivity index (χ3n) is 5.47. The molecule has 0 unspecified atom stereocenters. The Morgan fingerprint density at radius 3 is 2.37 bits per heavy atom. The molecule has 0 spiro atoms. The molecule has 2 N–H and O–H groups in total. The molecule has 0 aliphatic carbocycles. The molecule has 10 heteroatoms. The normalized spacial score (nSPS) is 10.9. The van der Waals surface area contributed by atoms with Crippen molar-refractivity contribution in [3.8, 4) is 0 Å². The molecule has 2 aromatic heterocycles. The van der Waals surface area contributed by atoms with E-state index in [4.69, 9.17) is 16.0 Å². The van der Waals surface area contributed by atoms with E-state index in [-0.39, 0.29) is 43.9 Å². The first-order chi connectivity index (χ1) is 16.9. The highest BCUT2D eigenvalue weighted by Crippen LogP contribution is 2.14. The van der Waals surface area contributed by atoms with Gasteiger partial charge in [-0.2, -0.15) is 0 Å². The molecule has 35 heavy (non-hydrogen) atoms. The highest BCUT2D eigenvalue weighted by atomic mass is 35.5. The fraction of sp³-hybridized carbons (Fsp3) is 0.200. The number of nitrogens with one attached hydrogen (secondary N) is 2. The zero-order chi connectivity index (χ0) is 24.8. The van der Waals surface area contributed by atoms with Gasteiger partial charge in [0, 0.05) is 24.5 Å². The third kappa shape index (κ3) is 5.70. The van der Waals surface area contributed by atoms with Crippen LogP contribution in [0, 0.1) is 0 Å². The maximum Gasteiger partial charge on any atom is 0.331 e. The van der Waals surface area contributed by atoms with E-state index < -0.39 is 17.2 Å². The molecule has 2 amide bonds. The van der Waals surface area contributed by atoms with Crippen molar-refractivity contribution in [2.45, 2.75) is 32.6 Å². The van der Waals surface area contributed by atoms with E-state index >= 15 is 0 Å². The number of furan rings is 1. The molecule has 0 bridgehead atoms. The molecule has 0 aliphatic heterocycles. The Hall–Kier alpha value is -4.11. The van der Waals surface area contributed by atoms with Gasteiger partial charge in [0.2, 0.25) is 11.8 Å². The number of nitrogens with zero attached hydrogens (tertiary/aromatic N) is 2. The Labute approximate surface area is 204 Å². The van der Waals surface area contributed by atoms with Crippen molar-refractivity contribution in [1.82, 2.24) is 19.8 Å². The lowest BCUT2D eigenvalue weighted by Crippen LogP contribution is -2.43. The summed E-state index contributed by atoms with van der Waals surface area (Å²) >= 11 is 6.11. The van der Waals surface area contributed by atoms with Gasteiger partial charge in [-0.15, -0.1) is 0 Å². The lowest BCUT2D eigenvalue weighted by molar-refractivity contribution is -0.122. The van der Waals surface area contributed by atoms with Gasteiger partial charge in [0.25, 0.3) is 5.56 Å². The van der Waals surface area contributed by atoms with Gasteiger partial charge >= 0.3 is 5.69 Å². The SMILES string of the molecule is O=C(CCn1c(=O)c2ccccc2n(CC(=O)NCc2ccco2)c1=O)NCc1ccccc1Cl. The van der Waals surface area contributed by atoms with E-state index in [1.807, 2.05) is 6.07 Å². The molecule has 180 valence electrons. The minimum atomic E-state index is -0.666. The summed E-state index contributed by atoms with van der Waals surface area (Å²) in [6.07, 6.45) is 1.41. The summed E-state index contributed by atoms with van der Waals surface area (Å²) in [7, 11) is 0. The van der Waals surface area contributed by atoms with Gasteiger partial charge in [-0.1, -0.05) is 41.9 Å². The number of carbonyl (C=O) groups excluding carboxylic acids is 2. The van der Waals surface area contributed by atoms with Crippen LogP contribution in [0.3, 0.4) is 0 Å². The Kier molecular flexibility index (Phi) is 7.47. The molecule has 0 atom stereocenters. The Bertz CT molecular complexity index is 1470. The summed E-state index contributed by atoms with van der Waals surface area (Å²) in [6, 6.07) is 17.1. The van der Waals surface area contributed by atoms with Crippen LogP contribution in [0.5, 0.6) is 0 Å². The van der Waals surface area contributed by atoms with Crippen LogP contribution < -0.4 is 21.9 Å². The first-order valence-electron chi connectivity index (χ1n) is 11.0. The molecular formula is C25H23ClN4O5. The van der Waals surface area contributed by atoms with E-state index in [0.717, 1.165) is 10.1 Å². The Balaban J connectivity index is 1.51. The lowest BCUT2D eigenvalue weighted by atomic mass is 10.2. The van der Waals surface area contributed by atoms with Crippen LogP contribution in [0.15, 0.2) is 80.9 Å². The number of para-hydroxylation sites is 1. The van der Waals surface area contributed by atoms with Crippen molar-refractivity contribution in [1.29, 1.82) is 0 Å². The molecule has 9 nitrogen and oxygen atoms in total. The van der Waals surface area contributed by atoms with Gasteiger partial charge in [0.05, 0.1) is 23.7 Å². The quantitative estimate of drug-likeness (QED) is 0.371. The van der Waals surface area contributed by atoms with E-state index in [0.29, 0.717) is 16.3 Å². The van der Waals surface area contributed by atoms with Crippen LogP contribution in [0.25, 0.3) is 10.9 Å². The van der Waals surface area contributed by atoms with E-state index in [1.54, 1.807) is 54.6 Å². The number of benzene rings is 2. The molecular weight excluding hydrogens is 472 g/mol. The molecule has 0 aliphatic rings. The topological polar surface area (TPSA) is 115 Å². The second-order valence-electron chi connectivity index (χ2n) is 7.82. The number of rotatable bonds is 9. The van der Waals surface area contributed by atoms with Crippen molar-refractivity contribution in [2.75, 3.05) is 0 Å². The second-order valence-corrected chi connectivity index (χ2v) is 8.22. The van der Waals surface area contributed by atoms with Crippen LogP contribution in [0.4, 0.5) is 0 Å². The van der Waals surface area contributed by atoms with Crippen molar-refractivity contribution < 1.29 is 14.0 Å². The fourth-order valence-corrected chi connectivity index (χ4v) is 3.86. The zero-order valence-electron chi connectivity index (χ0n) is 18.7. The van der Waals surface area contributed by atoms with Gasteiger partial charge in [-0.25, -0.2) is 4.79 Å². The molecule has 4 rings (SSSR count). The molecule has 0 saturated heterocycles. The van der Waals surface area contributed by atoms with Crippen LogP contribution >= 0.6 is 11.6 Å². The Morgan fingerprint density at radius 2 is 1.60 bits per heavy atom. The third-order valence-corrected chi connectivity index (χ3v) is 5.84. The minimum Gasteiger partial charge on any atom is -0.467 e. The summed E-state index contributed by atoms with van der Waals surface area (Å²) in [5, 5.41) is 6.25. The van der Waals surface area contributed by atoms with Crippen molar-refractivity contribution in [3.63, 3.8) is 0 Å². The first-order valence-corrected chi connectivity index (χ1v) is 11.3. The van der Waals surface area contributed by atoms with Gasteiger partial charge in [0.15, 0.2) is 0 Å². The van der Waals surface area contributed by atoms with Crippen molar-refractivity contribution in [2.24, 2.45) is 0 Å². The largest absolute Gasteiger partial charge is 0.467 e. The number of hydrogen-bond acceptors (Lipinski definition) is 5. The number of aromatic nitrogens is 2. The molecule has 4 aromatic rings. The molecule has 0 radical (unpaired) electrons. The molecule has 2 aromatic carbocycles. The molecule has 0 saturated carbocycles. The maximum absolute atomic E-state index is 13.2. The second kappa shape index (κ2) is 10.9. The summed E-state index contributed by atoms with van der Waals surface area (Å²) in [5.74, 6) is -0.188. The van der Waals surface area contributed by atoms with Crippen molar-refractivity contribution in [3.05, 3.63) is 104 Å². The van der Waals surface area contributed by atoms with Crippen LogP contribution in [0.1, 0.15) is 17.7 Å². The van der Waals surface area contributed by atoms with Crippen molar-refractivity contribution >= 4 is 34.3 Å². The van der Waals surface area contributed by atoms with Gasteiger partial charge < -0.3 is 15.1 Å². The van der Waals surface area contributed by atoms with Gasteiger partial charge in [-0.05, 0) is 35.9 Å². The molecule has 0 fully saturated rings. The van der Waals surface area contributed by atoms with Crippen LogP contribution in [-0.4, -0.2) is 20.9 Å². The number of fused-ring (bicyclic) bond motifs is 1. The first kappa shape index (κ1) is 24.0. The number of hydrogen-bond donors (Lipinski definition) is 2. The number of halogens is 1. The average Bonchev–Trinajstić information content (AvgIpc) is 3.38. The zero-order valence-corrected chi connectivity index (χ0v) is 19.5. The summed E-state index contributed by atoms with van der Waals surface area (Å²) in [6.45, 7) is -0.0289. The number of amides is 2. The van der Waals surface area contributed by atoms with E-state index in [1.165, 1.54) is 10.8 Å². The number of carbonyl (C=O) groups is 2. The van der Waals surface area contributed by atoms with E-state index in [9.17, 15) is 19.2 Å². The van der Waals surface area contributed by atoms with Gasteiger partial charge in [0.1, 0.15) is 12.3 Å². The van der Waals surface area contributed by atoms with Crippen LogP contribution in [-0.2, 0) is 35.8 Å². The summed E-state index contributed by atoms with van der Waals surface area (Å²) < 4.78 is 7.41. The summed E-state index contributed by atoms with van der Waals surface area (Å²) in [5.41, 5.74) is -0.0825. The fourth-order valence-electron chi connectivity index (χ4n) is 3.66. The Morgan fingerprint density at radius 1 is 0.857 bits per heavy atom. The highest BCUT2D eigenvalue weighted by Gasteiger charge is 2.16. The lowest BCUT2D eigenvalue weighted by Gasteiger charge is -2.14. The molecule has 2 heterocycles. The van der Waals surface area contributed by atoms with E-state index in [2.05, 4.69) is 10.6 Å². The summed E-state index contributed by atoms with van der Waals surface area (Å²) in [4.78, 5) is 51.1. The van der Waals surface area contributed by atoms with Gasteiger partial charge in [-0.3, -0.25) is 23.5 Å². The van der Waals surface area contributed by atoms with Crippen LogP contribution in [0.2, 0.25) is 5.02 Å². The maximum atomic E-state index is 13.2.